The monoisotopic (exact) mass is 346 g/mol. The van der Waals surface area contributed by atoms with E-state index in [4.69, 9.17) is 5.21 Å². The van der Waals surface area contributed by atoms with Crippen molar-refractivity contribution in [3.8, 4) is 0 Å². The first-order chi connectivity index (χ1) is 11.7. The first kappa shape index (κ1) is 19.0. The van der Waals surface area contributed by atoms with Gasteiger partial charge in [0.05, 0.1) is 5.70 Å². The zero-order valence-corrected chi connectivity index (χ0v) is 14.5. The predicted octanol–water partition coefficient (Wildman–Crippen LogP) is 2.92. The molecule has 1 aliphatic rings. The number of alkyl halides is 1. The van der Waals surface area contributed by atoms with Gasteiger partial charge in [0.1, 0.15) is 5.60 Å². The molecule has 0 radical (unpaired) electrons. The molecule has 1 fully saturated rings. The molecule has 3 atom stereocenters. The molecule has 1 aromatic rings. The third-order valence-corrected chi connectivity index (χ3v) is 4.35. The molecular weight excluding hydrogens is 323 g/mol. The molecule has 1 amide bonds. The maximum Gasteiger partial charge on any atom is 0.282 e. The second-order valence-electron chi connectivity index (χ2n) is 6.63. The van der Waals surface area contributed by atoms with E-state index in [0.717, 1.165) is 0 Å². The van der Waals surface area contributed by atoms with Crippen LogP contribution < -0.4 is 5.48 Å². The van der Waals surface area contributed by atoms with Gasteiger partial charge in [-0.25, -0.2) is 9.87 Å². The van der Waals surface area contributed by atoms with Crippen LogP contribution in [0.4, 0.5) is 4.39 Å². The number of carbonyl (C=O) groups excluding carboxylic acids is 1. The SMILES string of the molecule is C=C(/C=C(\N=C/C)C(C)(C)O)[C@@H]1[C@@H](c2ccccc2)[C@@]1(F)C(=O)NO. The topological polar surface area (TPSA) is 81.9 Å². The molecule has 2 rings (SSSR count). The van der Waals surface area contributed by atoms with Crippen molar-refractivity contribution in [2.75, 3.05) is 0 Å². The molecule has 25 heavy (non-hydrogen) atoms. The summed E-state index contributed by atoms with van der Waals surface area (Å²) >= 11 is 0. The smallest absolute Gasteiger partial charge is 0.282 e. The fraction of sp³-hybridized carbons (Fsp3) is 0.368. The van der Waals surface area contributed by atoms with E-state index in [1.54, 1.807) is 51.1 Å². The minimum absolute atomic E-state index is 0.311. The number of benzene rings is 1. The van der Waals surface area contributed by atoms with Crippen molar-refractivity contribution >= 4 is 12.1 Å². The third-order valence-electron chi connectivity index (χ3n) is 4.35. The van der Waals surface area contributed by atoms with Crippen LogP contribution in [-0.4, -0.2) is 33.7 Å². The fourth-order valence-electron chi connectivity index (χ4n) is 3.08. The number of rotatable bonds is 6. The molecule has 0 saturated heterocycles. The summed E-state index contributed by atoms with van der Waals surface area (Å²) < 4.78 is 15.3. The predicted molar refractivity (Wildman–Crippen MR) is 94.1 cm³/mol. The number of amides is 1. The van der Waals surface area contributed by atoms with Gasteiger partial charge in [-0.05, 0) is 38.0 Å². The number of nitrogens with zero attached hydrogens (tertiary/aromatic N) is 1. The van der Waals surface area contributed by atoms with Gasteiger partial charge in [-0.1, -0.05) is 36.9 Å². The summed E-state index contributed by atoms with van der Waals surface area (Å²) in [5, 5.41) is 19.1. The summed E-state index contributed by atoms with van der Waals surface area (Å²) in [6.45, 7) is 8.70. The van der Waals surface area contributed by atoms with Crippen LogP contribution in [0, 0.1) is 5.92 Å². The van der Waals surface area contributed by atoms with Crippen molar-refractivity contribution in [3.63, 3.8) is 0 Å². The van der Waals surface area contributed by atoms with E-state index in [1.807, 2.05) is 0 Å². The van der Waals surface area contributed by atoms with Gasteiger partial charge >= 0.3 is 0 Å². The lowest BCUT2D eigenvalue weighted by Crippen LogP contribution is -2.33. The Balaban J connectivity index is 2.41. The summed E-state index contributed by atoms with van der Waals surface area (Å²) in [5.41, 5.74) is -0.872. The number of hydroxylamine groups is 1. The van der Waals surface area contributed by atoms with Crippen LogP contribution in [0.1, 0.15) is 32.3 Å². The quantitative estimate of drug-likeness (QED) is 0.321. The van der Waals surface area contributed by atoms with Crippen molar-refractivity contribution in [1.29, 1.82) is 0 Å². The molecule has 3 N–H and O–H groups in total. The van der Waals surface area contributed by atoms with Crippen molar-refractivity contribution < 1.29 is 19.5 Å². The number of aliphatic hydroxyl groups is 1. The lowest BCUT2D eigenvalue weighted by atomic mass is 10.00. The summed E-state index contributed by atoms with van der Waals surface area (Å²) in [7, 11) is 0. The van der Waals surface area contributed by atoms with E-state index < -0.39 is 29.0 Å². The molecular formula is C19H23FN2O3. The molecule has 0 aromatic heterocycles. The van der Waals surface area contributed by atoms with E-state index in [2.05, 4.69) is 11.6 Å². The molecule has 1 saturated carbocycles. The molecule has 6 heteroatoms. The second kappa shape index (κ2) is 6.90. The second-order valence-corrected chi connectivity index (χ2v) is 6.63. The Hall–Kier alpha value is -2.31. The summed E-state index contributed by atoms with van der Waals surface area (Å²) in [6, 6.07) is 8.75. The van der Waals surface area contributed by atoms with Crippen LogP contribution >= 0.6 is 0 Å². The van der Waals surface area contributed by atoms with E-state index in [-0.39, 0.29) is 0 Å². The number of nitrogens with one attached hydrogen (secondary N) is 1. The highest BCUT2D eigenvalue weighted by atomic mass is 19.1. The number of allylic oxidation sites excluding steroid dienone is 2. The molecule has 0 heterocycles. The van der Waals surface area contributed by atoms with Gasteiger partial charge in [-0.3, -0.25) is 15.0 Å². The lowest BCUT2D eigenvalue weighted by Gasteiger charge is -2.18. The standard InChI is InChI=1S/C19H23FN2O3/c1-5-21-14(18(3,4)24)11-12(2)15-16(13-9-7-6-8-10-13)19(15,20)17(23)22-25/h5-11,15-16,24-25H,2H2,1,3-4H3,(H,22,23)/b14-11-,21-5-/t15-,16-,19-/m1/s1. The first-order valence-corrected chi connectivity index (χ1v) is 7.98. The fourth-order valence-corrected chi connectivity index (χ4v) is 3.08. The van der Waals surface area contributed by atoms with Crippen molar-refractivity contribution in [2.24, 2.45) is 10.9 Å². The van der Waals surface area contributed by atoms with E-state index >= 15 is 4.39 Å². The highest BCUT2D eigenvalue weighted by Gasteiger charge is 2.72. The van der Waals surface area contributed by atoms with E-state index in [1.165, 1.54) is 17.8 Å². The van der Waals surface area contributed by atoms with Crippen LogP contribution in [-0.2, 0) is 4.79 Å². The highest BCUT2D eigenvalue weighted by molar-refractivity contribution is 5.91. The Labute approximate surface area is 146 Å². The summed E-state index contributed by atoms with van der Waals surface area (Å²) in [4.78, 5) is 16.0. The van der Waals surface area contributed by atoms with Crippen molar-refractivity contribution in [1.82, 2.24) is 5.48 Å². The average molecular weight is 346 g/mol. The third kappa shape index (κ3) is 3.55. The van der Waals surface area contributed by atoms with Crippen LogP contribution in [0.25, 0.3) is 0 Å². The minimum atomic E-state index is -2.30. The molecule has 134 valence electrons. The molecule has 0 spiro atoms. The lowest BCUT2D eigenvalue weighted by molar-refractivity contribution is -0.136. The minimum Gasteiger partial charge on any atom is -0.384 e. The molecule has 0 bridgehead atoms. The van der Waals surface area contributed by atoms with Crippen LogP contribution in [0.5, 0.6) is 0 Å². The Morgan fingerprint density at radius 2 is 2.00 bits per heavy atom. The largest absolute Gasteiger partial charge is 0.384 e. The van der Waals surface area contributed by atoms with E-state index in [0.29, 0.717) is 16.8 Å². The number of hydrogen-bond acceptors (Lipinski definition) is 4. The van der Waals surface area contributed by atoms with Gasteiger partial charge in [0.15, 0.2) is 0 Å². The van der Waals surface area contributed by atoms with Gasteiger partial charge in [-0.15, -0.1) is 0 Å². The summed E-state index contributed by atoms with van der Waals surface area (Å²) in [5.74, 6) is -2.73. The van der Waals surface area contributed by atoms with Gasteiger partial charge < -0.3 is 5.11 Å². The normalized spacial score (nSPS) is 26.6. The van der Waals surface area contributed by atoms with Crippen LogP contribution in [0.15, 0.2) is 59.2 Å². The number of carbonyl (C=O) groups is 1. The average Bonchev–Trinajstić information content (AvgIpc) is 3.21. The zero-order chi connectivity index (χ0) is 18.8. The molecule has 0 aliphatic heterocycles. The van der Waals surface area contributed by atoms with Gasteiger partial charge in [0, 0.05) is 18.1 Å². The maximum atomic E-state index is 15.3. The number of halogens is 1. The molecule has 1 aromatic carbocycles. The van der Waals surface area contributed by atoms with Crippen LogP contribution in [0.2, 0.25) is 0 Å². The Kier molecular flexibility index (Phi) is 5.25. The highest BCUT2D eigenvalue weighted by Crippen LogP contribution is 2.63. The number of aliphatic imine (C=N–C) groups is 1. The molecule has 1 aliphatic carbocycles. The Morgan fingerprint density at radius 3 is 2.48 bits per heavy atom. The Morgan fingerprint density at radius 1 is 1.40 bits per heavy atom. The van der Waals surface area contributed by atoms with Gasteiger partial charge in [-0.2, -0.15) is 0 Å². The molecule has 0 unspecified atom stereocenters. The van der Waals surface area contributed by atoms with Crippen molar-refractivity contribution in [2.45, 2.75) is 38.0 Å². The first-order valence-electron chi connectivity index (χ1n) is 7.98. The van der Waals surface area contributed by atoms with E-state index in [9.17, 15) is 9.90 Å². The van der Waals surface area contributed by atoms with Crippen molar-refractivity contribution in [3.05, 3.63) is 59.8 Å². The summed E-state index contributed by atoms with van der Waals surface area (Å²) in [6.07, 6.45) is 3.01. The maximum absolute atomic E-state index is 15.3. The Bertz CT molecular complexity index is 722. The van der Waals surface area contributed by atoms with Gasteiger partial charge in [0.25, 0.3) is 5.91 Å². The molecule has 5 nitrogen and oxygen atoms in total. The van der Waals surface area contributed by atoms with Crippen LogP contribution in [0.3, 0.4) is 0 Å². The zero-order valence-electron chi connectivity index (χ0n) is 14.5. The number of hydrogen-bond donors (Lipinski definition) is 3. The van der Waals surface area contributed by atoms with Gasteiger partial charge in [0.2, 0.25) is 5.67 Å².